The Labute approximate surface area is 195 Å². The second-order valence-electron chi connectivity index (χ2n) is 7.10. The van der Waals surface area contributed by atoms with Crippen LogP contribution < -0.4 is 16.7 Å². The molecule has 0 atom stereocenters. The molecule has 0 spiro atoms. The molecular weight excluding hydrogens is 500 g/mol. The van der Waals surface area contributed by atoms with Gasteiger partial charge < -0.3 is 5.11 Å². The maximum Gasteiger partial charge on any atom is 0.332 e. The van der Waals surface area contributed by atoms with Crippen LogP contribution in [0.3, 0.4) is 0 Å². The molecule has 9 nitrogen and oxygen atoms in total. The first-order valence-electron chi connectivity index (χ1n) is 9.44. The molecule has 0 radical (unpaired) electrons. The summed E-state index contributed by atoms with van der Waals surface area (Å²) in [5.41, 5.74) is 3.73. The maximum atomic E-state index is 12.9. The number of phenolic OH excluding ortho intramolecular Hbond substituents is 1. The highest BCUT2D eigenvalue weighted by Gasteiger charge is 2.19. The number of hydrazone groups is 1. The summed E-state index contributed by atoms with van der Waals surface area (Å²) >= 11 is 9.34. The summed E-state index contributed by atoms with van der Waals surface area (Å²) in [4.78, 5) is 29.7. The molecule has 0 saturated heterocycles. The van der Waals surface area contributed by atoms with Gasteiger partial charge in [0.05, 0.1) is 12.8 Å². The van der Waals surface area contributed by atoms with Crippen molar-refractivity contribution in [2.24, 2.45) is 19.2 Å². The average Bonchev–Trinajstić information content (AvgIpc) is 3.13. The Morgan fingerprint density at radius 1 is 1.16 bits per heavy atom. The summed E-state index contributed by atoms with van der Waals surface area (Å²) in [6, 6.07) is 12.1. The molecular formula is C21H18BrClN6O3. The van der Waals surface area contributed by atoms with E-state index in [9.17, 15) is 14.7 Å². The van der Waals surface area contributed by atoms with Crippen molar-refractivity contribution in [3.05, 3.63) is 83.9 Å². The third-order valence-electron chi connectivity index (χ3n) is 4.96. The molecule has 164 valence electrons. The number of nitrogens with zero attached hydrogens (tertiary/aromatic N) is 5. The lowest BCUT2D eigenvalue weighted by molar-refractivity contribution is 0.474. The molecule has 4 rings (SSSR count). The van der Waals surface area contributed by atoms with Crippen LogP contribution in [0.5, 0.6) is 5.75 Å². The van der Waals surface area contributed by atoms with Gasteiger partial charge in [0.15, 0.2) is 11.2 Å². The minimum atomic E-state index is -0.479. The number of aromatic nitrogens is 4. The fourth-order valence-corrected chi connectivity index (χ4v) is 3.75. The lowest BCUT2D eigenvalue weighted by atomic mass is 10.2. The molecule has 2 aromatic carbocycles. The molecule has 0 saturated carbocycles. The normalized spacial score (nSPS) is 11.5. The van der Waals surface area contributed by atoms with Crippen LogP contribution in [0.2, 0.25) is 5.02 Å². The van der Waals surface area contributed by atoms with Crippen molar-refractivity contribution in [1.82, 2.24) is 18.7 Å². The standard InChI is InChI=1S/C21H18BrClN6O3/c1-27-18-17(19(31)28(2)21(27)32)29(11-12-3-6-15(23)7-4-12)20(25-18)26-24-10-13-9-14(22)5-8-16(13)30/h3-10,30H,11H2,1-2H3,(H,25,26). The van der Waals surface area contributed by atoms with E-state index in [0.717, 1.165) is 14.6 Å². The van der Waals surface area contributed by atoms with Gasteiger partial charge in [-0.1, -0.05) is 39.7 Å². The fraction of sp³-hybridized carbons (Fsp3) is 0.143. The van der Waals surface area contributed by atoms with Gasteiger partial charge in [-0.05, 0) is 35.9 Å². The van der Waals surface area contributed by atoms with E-state index in [1.807, 2.05) is 12.1 Å². The first kappa shape index (κ1) is 21.8. The van der Waals surface area contributed by atoms with E-state index in [-0.39, 0.29) is 22.9 Å². The van der Waals surface area contributed by atoms with Crippen molar-refractivity contribution in [2.45, 2.75) is 6.54 Å². The van der Waals surface area contributed by atoms with Gasteiger partial charge in [0.1, 0.15) is 5.75 Å². The second kappa shape index (κ2) is 8.64. The number of aryl methyl sites for hydroxylation is 1. The molecule has 2 N–H and O–H groups in total. The number of rotatable bonds is 5. The van der Waals surface area contributed by atoms with Crippen LogP contribution >= 0.6 is 27.5 Å². The Balaban J connectivity index is 1.82. The zero-order valence-electron chi connectivity index (χ0n) is 17.1. The SMILES string of the molecule is Cn1c(=O)c2c(nc(NN=Cc3cc(Br)ccc3O)n2Cc2ccc(Cl)cc2)n(C)c1=O. The van der Waals surface area contributed by atoms with Crippen LogP contribution in [0, 0.1) is 0 Å². The van der Waals surface area contributed by atoms with Gasteiger partial charge in [0.25, 0.3) is 5.56 Å². The molecule has 0 aliphatic carbocycles. The Kier molecular flexibility index (Phi) is 5.90. The van der Waals surface area contributed by atoms with Crippen molar-refractivity contribution in [1.29, 1.82) is 0 Å². The zero-order valence-corrected chi connectivity index (χ0v) is 19.4. The van der Waals surface area contributed by atoms with E-state index >= 15 is 0 Å². The quantitative estimate of drug-likeness (QED) is 0.313. The van der Waals surface area contributed by atoms with Crippen molar-refractivity contribution in [2.75, 3.05) is 5.43 Å². The van der Waals surface area contributed by atoms with Crippen LogP contribution in [-0.2, 0) is 20.6 Å². The predicted octanol–water partition coefficient (Wildman–Crippen LogP) is 3.05. The first-order valence-corrected chi connectivity index (χ1v) is 10.6. The predicted molar refractivity (Wildman–Crippen MR) is 128 cm³/mol. The topological polar surface area (TPSA) is 106 Å². The highest BCUT2D eigenvalue weighted by molar-refractivity contribution is 9.10. The molecule has 0 aliphatic rings. The summed E-state index contributed by atoms with van der Waals surface area (Å²) in [7, 11) is 2.97. The number of hydrogen-bond donors (Lipinski definition) is 2. The summed E-state index contributed by atoms with van der Waals surface area (Å²) in [5, 5.41) is 14.8. The smallest absolute Gasteiger partial charge is 0.332 e. The van der Waals surface area contributed by atoms with Crippen molar-refractivity contribution in [3.8, 4) is 5.75 Å². The molecule has 11 heteroatoms. The second-order valence-corrected chi connectivity index (χ2v) is 8.45. The number of halogens is 2. The van der Waals surface area contributed by atoms with E-state index in [1.165, 1.54) is 17.8 Å². The lowest BCUT2D eigenvalue weighted by Gasteiger charge is -2.09. The van der Waals surface area contributed by atoms with Crippen LogP contribution in [-0.4, -0.2) is 30.0 Å². The van der Waals surface area contributed by atoms with E-state index < -0.39 is 11.2 Å². The lowest BCUT2D eigenvalue weighted by Crippen LogP contribution is -2.37. The van der Waals surface area contributed by atoms with Crippen molar-refractivity contribution in [3.63, 3.8) is 0 Å². The summed E-state index contributed by atoms with van der Waals surface area (Å²) < 4.78 is 4.78. The van der Waals surface area contributed by atoms with Gasteiger partial charge in [-0.3, -0.25) is 18.5 Å². The van der Waals surface area contributed by atoms with E-state index in [1.54, 1.807) is 41.9 Å². The van der Waals surface area contributed by atoms with Gasteiger partial charge in [0, 0.05) is 29.2 Å². The molecule has 4 aromatic rings. The Morgan fingerprint density at radius 2 is 1.88 bits per heavy atom. The fourth-order valence-electron chi connectivity index (χ4n) is 3.25. The summed E-state index contributed by atoms with van der Waals surface area (Å²) in [6.45, 7) is 0.293. The maximum absolute atomic E-state index is 12.9. The van der Waals surface area contributed by atoms with Crippen molar-refractivity contribution < 1.29 is 5.11 Å². The molecule has 32 heavy (non-hydrogen) atoms. The summed E-state index contributed by atoms with van der Waals surface area (Å²) in [5.74, 6) is 0.323. The van der Waals surface area contributed by atoms with Gasteiger partial charge in [0.2, 0.25) is 5.95 Å². The first-order chi connectivity index (χ1) is 15.3. The number of benzene rings is 2. The number of aromatic hydroxyl groups is 1. The number of nitrogens with one attached hydrogen (secondary N) is 1. The third kappa shape index (κ3) is 4.06. The van der Waals surface area contributed by atoms with Crippen LogP contribution in [0.4, 0.5) is 5.95 Å². The molecule has 0 unspecified atom stereocenters. The van der Waals surface area contributed by atoms with Crippen LogP contribution in [0.15, 0.2) is 61.6 Å². The Hall–Kier alpha value is -3.37. The minimum Gasteiger partial charge on any atom is -0.507 e. The average molecular weight is 518 g/mol. The van der Waals surface area contributed by atoms with Gasteiger partial charge in [-0.25, -0.2) is 10.2 Å². The molecule has 0 amide bonds. The van der Waals surface area contributed by atoms with E-state index in [4.69, 9.17) is 11.6 Å². The van der Waals surface area contributed by atoms with Gasteiger partial charge in [-0.15, -0.1) is 0 Å². The number of imidazole rings is 1. The van der Waals surface area contributed by atoms with E-state index in [0.29, 0.717) is 17.1 Å². The number of anilines is 1. The number of phenols is 1. The number of fused-ring (bicyclic) bond motifs is 1. The number of hydrogen-bond acceptors (Lipinski definition) is 6. The molecule has 2 heterocycles. The van der Waals surface area contributed by atoms with Crippen molar-refractivity contribution >= 4 is 50.9 Å². The summed E-state index contributed by atoms with van der Waals surface area (Å²) in [6.07, 6.45) is 1.43. The Morgan fingerprint density at radius 3 is 2.59 bits per heavy atom. The molecule has 2 aromatic heterocycles. The van der Waals surface area contributed by atoms with Crippen LogP contribution in [0.1, 0.15) is 11.1 Å². The monoisotopic (exact) mass is 516 g/mol. The van der Waals surface area contributed by atoms with Gasteiger partial charge in [-0.2, -0.15) is 10.1 Å². The zero-order chi connectivity index (χ0) is 23.0. The minimum absolute atomic E-state index is 0.0599. The Bertz CT molecular complexity index is 1470. The highest BCUT2D eigenvalue weighted by Crippen LogP contribution is 2.21. The van der Waals surface area contributed by atoms with Crippen LogP contribution in [0.25, 0.3) is 11.2 Å². The molecule has 0 bridgehead atoms. The van der Waals surface area contributed by atoms with E-state index in [2.05, 4.69) is 31.4 Å². The molecule has 0 fully saturated rings. The highest BCUT2D eigenvalue weighted by atomic mass is 79.9. The largest absolute Gasteiger partial charge is 0.507 e. The van der Waals surface area contributed by atoms with Gasteiger partial charge >= 0.3 is 5.69 Å². The third-order valence-corrected chi connectivity index (χ3v) is 5.70. The molecule has 0 aliphatic heterocycles.